The summed E-state index contributed by atoms with van der Waals surface area (Å²) in [6.07, 6.45) is -7.30. The van der Waals surface area contributed by atoms with E-state index < -0.39 is 31.0 Å². The highest BCUT2D eigenvalue weighted by Crippen LogP contribution is 2.31. The summed E-state index contributed by atoms with van der Waals surface area (Å²) in [5, 5.41) is 9.27. The van der Waals surface area contributed by atoms with Gasteiger partial charge in [0.1, 0.15) is 12.2 Å². The first-order chi connectivity index (χ1) is 16.9. The molecule has 2 aromatic heterocycles. The highest BCUT2D eigenvalue weighted by atomic mass is 35.5. The maximum Gasteiger partial charge on any atom is 0.390 e. The number of nitrogens with zero attached hydrogens (tertiary/aromatic N) is 6. The van der Waals surface area contributed by atoms with Crippen LogP contribution in [0.1, 0.15) is 31.2 Å². The van der Waals surface area contributed by atoms with Gasteiger partial charge in [-0.3, -0.25) is 4.57 Å². The molecule has 2 heterocycles. The Hall–Kier alpha value is -2.89. The van der Waals surface area contributed by atoms with Gasteiger partial charge in [-0.15, -0.1) is 10.2 Å². The van der Waals surface area contributed by atoms with E-state index in [2.05, 4.69) is 15.2 Å². The lowest BCUT2D eigenvalue weighted by atomic mass is 10.2. The summed E-state index contributed by atoms with van der Waals surface area (Å²) >= 11 is 18.4. The molecule has 0 aliphatic rings. The summed E-state index contributed by atoms with van der Waals surface area (Å²) in [5.74, 6) is -0.133. The number of hydrogen-bond donors (Lipinski definition) is 0. The van der Waals surface area contributed by atoms with Gasteiger partial charge in [0.25, 0.3) is 0 Å². The van der Waals surface area contributed by atoms with Crippen molar-refractivity contribution in [2.24, 2.45) is 0 Å². The fraction of sp³-hybridized carbons (Fsp3) is 0.273. The zero-order valence-corrected chi connectivity index (χ0v) is 20.7. The molecule has 0 saturated carbocycles. The van der Waals surface area contributed by atoms with E-state index in [-0.39, 0.29) is 39.8 Å². The van der Waals surface area contributed by atoms with E-state index in [4.69, 9.17) is 34.8 Å². The van der Waals surface area contributed by atoms with Crippen molar-refractivity contribution in [2.45, 2.75) is 38.8 Å². The van der Waals surface area contributed by atoms with Crippen molar-refractivity contribution in [3.8, 4) is 17.1 Å². The van der Waals surface area contributed by atoms with E-state index in [1.165, 1.54) is 31.2 Å². The van der Waals surface area contributed by atoms with Crippen LogP contribution >= 0.6 is 34.8 Å². The van der Waals surface area contributed by atoms with Crippen LogP contribution in [0.25, 0.3) is 17.1 Å². The van der Waals surface area contributed by atoms with Gasteiger partial charge in [0.15, 0.2) is 23.6 Å². The third-order valence-electron chi connectivity index (χ3n) is 5.12. The molecule has 0 radical (unpaired) electrons. The van der Waals surface area contributed by atoms with Crippen molar-refractivity contribution in [1.29, 1.82) is 0 Å². The van der Waals surface area contributed by atoms with Crippen LogP contribution in [0, 0.1) is 0 Å². The number of para-hydroxylation sites is 1. The molecule has 190 valence electrons. The third-order valence-corrected chi connectivity index (χ3v) is 5.98. The quantitative estimate of drug-likeness (QED) is 0.248. The predicted octanol–water partition coefficient (Wildman–Crippen LogP) is 6.28. The molecule has 4 rings (SSSR count). The predicted molar refractivity (Wildman–Crippen MR) is 128 cm³/mol. The second-order valence-corrected chi connectivity index (χ2v) is 9.02. The Labute approximate surface area is 216 Å². The first-order valence-corrected chi connectivity index (χ1v) is 11.6. The Morgan fingerprint density at radius 1 is 1.00 bits per heavy atom. The molecule has 14 heteroatoms. The van der Waals surface area contributed by atoms with Crippen LogP contribution in [-0.4, -0.2) is 35.3 Å². The molecule has 0 bridgehead atoms. The first-order valence-electron chi connectivity index (χ1n) is 10.5. The molecule has 0 saturated heterocycles. The zero-order valence-electron chi connectivity index (χ0n) is 18.5. The number of alkyl halides is 4. The van der Waals surface area contributed by atoms with Crippen LogP contribution in [0.5, 0.6) is 0 Å². The fourth-order valence-corrected chi connectivity index (χ4v) is 4.16. The summed E-state index contributed by atoms with van der Waals surface area (Å²) in [7, 11) is 0. The Balaban J connectivity index is 1.77. The summed E-state index contributed by atoms with van der Waals surface area (Å²) in [6, 6.07) is 10.8. The van der Waals surface area contributed by atoms with E-state index in [0.29, 0.717) is 10.6 Å². The van der Waals surface area contributed by atoms with Gasteiger partial charge >= 0.3 is 11.9 Å². The molecular weight excluding hydrogens is 547 g/mol. The summed E-state index contributed by atoms with van der Waals surface area (Å²) in [5.41, 5.74) is -0.230. The summed E-state index contributed by atoms with van der Waals surface area (Å²) < 4.78 is 56.1. The molecule has 0 amide bonds. The number of aromatic nitrogens is 6. The highest BCUT2D eigenvalue weighted by molar-refractivity contribution is 6.37. The van der Waals surface area contributed by atoms with Crippen molar-refractivity contribution in [1.82, 2.24) is 29.1 Å². The van der Waals surface area contributed by atoms with Gasteiger partial charge in [0.05, 0.1) is 16.5 Å². The van der Waals surface area contributed by atoms with Crippen LogP contribution in [0.2, 0.25) is 15.1 Å². The second-order valence-electron chi connectivity index (χ2n) is 7.77. The van der Waals surface area contributed by atoms with Crippen LogP contribution in [-0.2, 0) is 13.1 Å². The fourth-order valence-electron chi connectivity index (χ4n) is 3.48. The van der Waals surface area contributed by atoms with Gasteiger partial charge in [0, 0.05) is 17.1 Å². The van der Waals surface area contributed by atoms with Crippen molar-refractivity contribution in [2.75, 3.05) is 0 Å². The smallest absolute Gasteiger partial charge is 0.275 e. The van der Waals surface area contributed by atoms with Crippen LogP contribution in [0.15, 0.2) is 47.3 Å². The lowest BCUT2D eigenvalue weighted by molar-refractivity contribution is -0.136. The Morgan fingerprint density at radius 3 is 2.22 bits per heavy atom. The summed E-state index contributed by atoms with van der Waals surface area (Å²) in [6.45, 7) is 0.253. The summed E-state index contributed by atoms with van der Waals surface area (Å²) in [4.78, 5) is 17.2. The molecule has 0 fully saturated rings. The first kappa shape index (κ1) is 26.2. The lowest BCUT2D eigenvalue weighted by Crippen LogP contribution is -2.27. The van der Waals surface area contributed by atoms with Gasteiger partial charge in [-0.05, 0) is 43.3 Å². The van der Waals surface area contributed by atoms with E-state index in [9.17, 15) is 22.4 Å². The monoisotopic (exact) mass is 562 g/mol. The molecule has 0 N–H and O–H groups in total. The lowest BCUT2D eigenvalue weighted by Gasteiger charge is -2.09. The molecular formula is C22H17Cl3F4N6O. The minimum absolute atomic E-state index is 0.00795. The molecule has 0 aliphatic heterocycles. The maximum absolute atomic E-state index is 14.4. The molecule has 2 aromatic carbocycles. The normalized spacial score (nSPS) is 12.8. The van der Waals surface area contributed by atoms with E-state index >= 15 is 0 Å². The Morgan fingerprint density at radius 2 is 1.64 bits per heavy atom. The molecule has 0 aliphatic carbocycles. The molecule has 4 aromatic rings. The topological polar surface area (TPSA) is 70.5 Å². The standard InChI is InChI=1S/C22H17Cl3F4N6O/c1-12(26)19-30-17(31-35(19)18-15(24)3-2-4-16(18)25)11-34-21(36)33(10-9-22(27,28)29)20(32-34)13-5-7-14(23)8-6-13/h2-8,12H,9-11H2,1H3. The van der Waals surface area contributed by atoms with Crippen molar-refractivity contribution in [3.05, 3.63) is 79.7 Å². The van der Waals surface area contributed by atoms with Crippen molar-refractivity contribution < 1.29 is 17.6 Å². The molecule has 1 unspecified atom stereocenters. The molecule has 0 spiro atoms. The Kier molecular flexibility index (Phi) is 7.44. The average molecular weight is 564 g/mol. The van der Waals surface area contributed by atoms with E-state index in [0.717, 1.165) is 13.9 Å². The largest absolute Gasteiger partial charge is 0.390 e. The molecule has 7 nitrogen and oxygen atoms in total. The zero-order chi connectivity index (χ0) is 26.2. The minimum Gasteiger partial charge on any atom is -0.275 e. The van der Waals surface area contributed by atoms with Crippen LogP contribution in [0.3, 0.4) is 0 Å². The van der Waals surface area contributed by atoms with Gasteiger partial charge < -0.3 is 0 Å². The van der Waals surface area contributed by atoms with Gasteiger partial charge in [0.2, 0.25) is 0 Å². The number of rotatable bonds is 7. The molecule has 1 atom stereocenters. The maximum atomic E-state index is 14.4. The highest BCUT2D eigenvalue weighted by Gasteiger charge is 2.29. The van der Waals surface area contributed by atoms with Gasteiger partial charge in [-0.1, -0.05) is 40.9 Å². The average Bonchev–Trinajstić information content (AvgIpc) is 3.34. The third kappa shape index (κ3) is 5.58. The number of halogens is 7. The van der Waals surface area contributed by atoms with Crippen molar-refractivity contribution >= 4 is 34.8 Å². The SMILES string of the molecule is CC(F)c1nc(Cn2nc(-c3ccc(Cl)cc3)n(CCC(F)(F)F)c2=O)nn1-c1c(Cl)cccc1Cl. The van der Waals surface area contributed by atoms with Crippen molar-refractivity contribution in [3.63, 3.8) is 0 Å². The van der Waals surface area contributed by atoms with Gasteiger partial charge in [-0.25, -0.2) is 23.5 Å². The van der Waals surface area contributed by atoms with E-state index in [1.54, 1.807) is 18.2 Å². The minimum atomic E-state index is -4.49. The number of benzene rings is 2. The van der Waals surface area contributed by atoms with E-state index in [1.807, 2.05) is 0 Å². The second kappa shape index (κ2) is 10.2. The van der Waals surface area contributed by atoms with Crippen LogP contribution < -0.4 is 5.69 Å². The Bertz CT molecular complexity index is 1420. The van der Waals surface area contributed by atoms with Gasteiger partial charge in [-0.2, -0.15) is 13.2 Å². The number of hydrogen-bond acceptors (Lipinski definition) is 4. The molecule has 36 heavy (non-hydrogen) atoms. The van der Waals surface area contributed by atoms with Crippen LogP contribution in [0.4, 0.5) is 17.6 Å².